The molecule has 2 aromatic rings. The Hall–Kier alpha value is -3.11. The first-order chi connectivity index (χ1) is 16.6. The highest BCUT2D eigenvalue weighted by atomic mass is 19.4. The molecule has 0 bridgehead atoms. The van der Waals surface area contributed by atoms with Gasteiger partial charge in [0.1, 0.15) is 5.82 Å². The number of fused-ring (bicyclic) bond motifs is 1. The largest absolute Gasteiger partial charge is 0.446 e. The zero-order chi connectivity index (χ0) is 27.0. The van der Waals surface area contributed by atoms with Crippen LogP contribution in [-0.4, -0.2) is 31.5 Å². The van der Waals surface area contributed by atoms with Crippen molar-refractivity contribution in [2.75, 3.05) is 11.9 Å². The van der Waals surface area contributed by atoms with E-state index in [9.17, 15) is 35.5 Å². The molecule has 3 atom stereocenters. The van der Waals surface area contributed by atoms with E-state index >= 15 is 0 Å². The molecule has 1 aliphatic rings. The van der Waals surface area contributed by atoms with Crippen molar-refractivity contribution < 1.29 is 40.3 Å². The van der Waals surface area contributed by atoms with E-state index in [0.29, 0.717) is 12.1 Å². The molecule has 36 heavy (non-hydrogen) atoms. The molecular weight excluding hydrogens is 493 g/mol. The van der Waals surface area contributed by atoms with Gasteiger partial charge in [-0.2, -0.15) is 26.3 Å². The number of alkyl halides is 6. The number of benzene rings is 2. The van der Waals surface area contributed by atoms with Crippen LogP contribution >= 0.6 is 0 Å². The minimum absolute atomic E-state index is 0.0599. The van der Waals surface area contributed by atoms with Crippen molar-refractivity contribution in [2.24, 2.45) is 4.99 Å². The van der Waals surface area contributed by atoms with Crippen molar-refractivity contribution in [3.63, 3.8) is 0 Å². The minimum Gasteiger partial charge on any atom is -0.446 e. The van der Waals surface area contributed by atoms with E-state index in [1.54, 1.807) is 20.8 Å². The van der Waals surface area contributed by atoms with Gasteiger partial charge in [-0.25, -0.2) is 9.18 Å². The number of nitrogens with zero attached hydrogens (tertiary/aromatic N) is 2. The van der Waals surface area contributed by atoms with Crippen LogP contribution < -0.4 is 4.90 Å². The van der Waals surface area contributed by atoms with Crippen LogP contribution in [0.3, 0.4) is 0 Å². The number of carbonyl (C=O) groups excluding carboxylic acids is 1. The molecule has 1 heterocycles. The number of hydrogen-bond acceptors (Lipinski definition) is 3. The molecule has 0 saturated heterocycles. The number of ether oxygens (including phenoxy) is 1. The predicted molar refractivity (Wildman–Crippen MR) is 121 cm³/mol. The topological polar surface area (TPSA) is 41.9 Å². The van der Waals surface area contributed by atoms with Gasteiger partial charge in [0.25, 0.3) is 0 Å². The van der Waals surface area contributed by atoms with Crippen LogP contribution in [0.2, 0.25) is 0 Å². The first kappa shape index (κ1) is 27.5. The molecule has 1 amide bonds. The molecule has 4 nitrogen and oxygen atoms in total. The van der Waals surface area contributed by atoms with Gasteiger partial charge in [0.2, 0.25) is 0 Å². The van der Waals surface area contributed by atoms with E-state index < -0.39 is 59.4 Å². The monoisotopic (exact) mass is 518 g/mol. The molecule has 1 aliphatic heterocycles. The number of amides is 1. The fourth-order valence-electron chi connectivity index (χ4n) is 4.51. The third-order valence-corrected chi connectivity index (χ3v) is 5.96. The molecule has 3 rings (SSSR count). The summed E-state index contributed by atoms with van der Waals surface area (Å²) in [6.45, 7) is 4.98. The van der Waals surface area contributed by atoms with Gasteiger partial charge < -0.3 is 9.73 Å². The summed E-state index contributed by atoms with van der Waals surface area (Å²) in [5.41, 5.74) is -2.65. The number of hydrogen-bond donors (Lipinski definition) is 0. The van der Waals surface area contributed by atoms with Gasteiger partial charge in [-0.3, -0.25) is 4.90 Å². The summed E-state index contributed by atoms with van der Waals surface area (Å²) in [4.78, 5) is 18.0. The van der Waals surface area contributed by atoms with E-state index in [0.717, 1.165) is 12.1 Å². The zero-order valence-electron chi connectivity index (χ0n) is 19.9. The fourth-order valence-corrected chi connectivity index (χ4v) is 4.51. The van der Waals surface area contributed by atoms with Crippen molar-refractivity contribution in [3.8, 4) is 0 Å². The van der Waals surface area contributed by atoms with Crippen LogP contribution in [0.25, 0.3) is 0 Å². The van der Waals surface area contributed by atoms with Gasteiger partial charge in [0.05, 0.1) is 22.9 Å². The Morgan fingerprint density at radius 3 is 2.14 bits per heavy atom. The van der Waals surface area contributed by atoms with Crippen LogP contribution in [0.1, 0.15) is 61.3 Å². The average molecular weight is 518 g/mol. The van der Waals surface area contributed by atoms with Crippen molar-refractivity contribution in [1.82, 2.24) is 0 Å². The van der Waals surface area contributed by atoms with Gasteiger partial charge >= 0.3 is 18.4 Å². The molecule has 196 valence electrons. The number of carbonyl (C=O) groups is 1. The van der Waals surface area contributed by atoms with Gasteiger partial charge in [0.15, 0.2) is 0 Å². The van der Waals surface area contributed by atoms with Gasteiger partial charge in [-0.15, -0.1) is 0 Å². The second kappa shape index (κ2) is 10.1. The van der Waals surface area contributed by atoms with E-state index in [-0.39, 0.29) is 29.3 Å². The van der Waals surface area contributed by atoms with Crippen molar-refractivity contribution >= 4 is 18.0 Å². The lowest BCUT2D eigenvalue weighted by Gasteiger charge is -2.41. The summed E-state index contributed by atoms with van der Waals surface area (Å²) < 4.78 is 101. The Bertz CT molecular complexity index is 1110. The van der Waals surface area contributed by atoms with E-state index in [1.807, 2.05) is 0 Å². The average Bonchev–Trinajstić information content (AvgIpc) is 2.75. The molecule has 0 unspecified atom stereocenters. The van der Waals surface area contributed by atoms with Gasteiger partial charge in [0, 0.05) is 25.2 Å². The zero-order valence-corrected chi connectivity index (χ0v) is 19.9. The van der Waals surface area contributed by atoms with Gasteiger partial charge in [-0.1, -0.05) is 0 Å². The van der Waals surface area contributed by atoms with E-state index in [1.165, 1.54) is 24.2 Å². The molecule has 2 aromatic carbocycles. The summed E-state index contributed by atoms with van der Waals surface area (Å²) in [6.07, 6.45) is -9.82. The number of aliphatic imine (C=N–C) groups is 1. The standard InChI is InChI=1S/C25H25F7N2O2/c1-13(2)36-23(35)34-14(3)7-19(20-11-18(26)5-6-22(20)34)21(12-33-4)15-8-16(24(27,28)29)10-17(9-15)25(30,31)32/h5-6,8-14,19,21H,7H2,1-4H3/t14-,19+,21+/m1/s1. The summed E-state index contributed by atoms with van der Waals surface area (Å²) >= 11 is 0. The minimum atomic E-state index is -5.02. The van der Waals surface area contributed by atoms with Crippen LogP contribution in [0, 0.1) is 5.82 Å². The quantitative estimate of drug-likeness (QED) is 0.309. The highest BCUT2D eigenvalue weighted by Gasteiger charge is 2.41. The Balaban J connectivity index is 2.21. The summed E-state index contributed by atoms with van der Waals surface area (Å²) in [5.74, 6) is -2.51. The van der Waals surface area contributed by atoms with Crippen molar-refractivity contribution in [2.45, 2.75) is 63.5 Å². The van der Waals surface area contributed by atoms with Crippen LogP contribution in [0.5, 0.6) is 0 Å². The second-order valence-corrected chi connectivity index (χ2v) is 8.97. The van der Waals surface area contributed by atoms with Gasteiger partial charge in [-0.05, 0) is 80.6 Å². The lowest BCUT2D eigenvalue weighted by Crippen LogP contribution is -2.45. The number of anilines is 1. The summed E-state index contributed by atoms with van der Waals surface area (Å²) in [7, 11) is 1.34. The highest BCUT2D eigenvalue weighted by molar-refractivity contribution is 5.91. The van der Waals surface area contributed by atoms with Crippen molar-refractivity contribution in [1.29, 1.82) is 0 Å². The predicted octanol–water partition coefficient (Wildman–Crippen LogP) is 7.57. The first-order valence-electron chi connectivity index (χ1n) is 11.1. The number of halogens is 7. The smallest absolute Gasteiger partial charge is 0.416 e. The fraction of sp³-hybridized carbons (Fsp3) is 0.440. The maximum absolute atomic E-state index is 14.3. The van der Waals surface area contributed by atoms with Crippen LogP contribution in [0.4, 0.5) is 41.2 Å². The molecular formula is C25H25F7N2O2. The maximum Gasteiger partial charge on any atom is 0.416 e. The normalized spacial score (nSPS) is 19.5. The SMILES string of the molecule is CN=C[C@@H](c1cc(C(F)(F)F)cc(C(F)(F)F)c1)[C@H]1C[C@@H](C)N(C(=O)OC(C)C)c2ccc(F)cc21. The lowest BCUT2D eigenvalue weighted by atomic mass is 9.75. The van der Waals surface area contributed by atoms with Crippen LogP contribution in [0.15, 0.2) is 41.4 Å². The molecule has 11 heteroatoms. The Labute approximate surface area is 203 Å². The highest BCUT2D eigenvalue weighted by Crippen LogP contribution is 2.47. The second-order valence-electron chi connectivity index (χ2n) is 8.97. The summed E-state index contributed by atoms with van der Waals surface area (Å²) in [6, 6.07) is 4.43. The lowest BCUT2D eigenvalue weighted by molar-refractivity contribution is -0.143. The van der Waals surface area contributed by atoms with E-state index in [4.69, 9.17) is 4.74 Å². The Morgan fingerprint density at radius 1 is 1.06 bits per heavy atom. The molecule has 0 aliphatic carbocycles. The summed E-state index contributed by atoms with van der Waals surface area (Å²) in [5, 5.41) is 0. The van der Waals surface area contributed by atoms with E-state index in [2.05, 4.69) is 4.99 Å². The molecule has 0 saturated carbocycles. The Morgan fingerprint density at radius 2 is 1.64 bits per heavy atom. The Kier molecular flexibility index (Phi) is 7.71. The first-order valence-corrected chi connectivity index (χ1v) is 11.1. The molecule has 0 fully saturated rings. The molecule has 0 aromatic heterocycles. The molecule has 0 N–H and O–H groups in total. The molecule has 0 spiro atoms. The number of rotatable bonds is 4. The third-order valence-electron chi connectivity index (χ3n) is 5.96. The van der Waals surface area contributed by atoms with Crippen molar-refractivity contribution in [3.05, 3.63) is 64.5 Å². The third kappa shape index (κ3) is 5.82. The molecule has 0 radical (unpaired) electrons. The maximum atomic E-state index is 14.3. The van der Waals surface area contributed by atoms with Crippen LogP contribution in [-0.2, 0) is 17.1 Å².